The highest BCUT2D eigenvalue weighted by atomic mass is 16.5. The Labute approximate surface area is 102 Å². The van der Waals surface area contributed by atoms with Gasteiger partial charge in [-0.15, -0.1) is 0 Å². The predicted molar refractivity (Wildman–Crippen MR) is 65.4 cm³/mol. The van der Waals surface area contributed by atoms with Crippen LogP contribution in [-0.2, 0) is 11.2 Å². The van der Waals surface area contributed by atoms with Gasteiger partial charge in [-0.3, -0.25) is 16.2 Å². The summed E-state index contributed by atoms with van der Waals surface area (Å²) in [7, 11) is 0. The summed E-state index contributed by atoms with van der Waals surface area (Å²) in [5.74, 6) is 5.63. The molecule has 1 aromatic rings. The zero-order valence-corrected chi connectivity index (χ0v) is 10.3. The van der Waals surface area contributed by atoms with Gasteiger partial charge in [-0.05, 0) is 24.6 Å². The number of hydrogen-bond acceptors (Lipinski definition) is 5. The van der Waals surface area contributed by atoms with Crippen LogP contribution in [0, 0.1) is 0 Å². The summed E-state index contributed by atoms with van der Waals surface area (Å²) in [4.78, 5) is 2.38. The summed E-state index contributed by atoms with van der Waals surface area (Å²) in [6.07, 6.45) is 4.41. The molecule has 3 N–H and O–H groups in total. The molecular weight excluding hydrogens is 218 g/mol. The third-order valence-corrected chi connectivity index (χ3v) is 3.32. The second-order valence-electron chi connectivity index (χ2n) is 4.41. The minimum atomic E-state index is 0.127. The zero-order valence-electron chi connectivity index (χ0n) is 10.3. The van der Waals surface area contributed by atoms with Crippen LogP contribution in [0.4, 0.5) is 0 Å². The van der Waals surface area contributed by atoms with Crippen molar-refractivity contribution in [3.8, 4) is 0 Å². The minimum absolute atomic E-state index is 0.127. The standard InChI is InChI=1S/C12H21N3O2/c1-2-15-4-6-17-12(8-15)11(14-13)7-10-3-5-16-9-10/h3,5,9,11-12,14H,2,4,6-8,13H2,1H3. The Bertz CT molecular complexity index is 316. The van der Waals surface area contributed by atoms with Crippen LogP contribution in [0.2, 0.25) is 0 Å². The maximum absolute atomic E-state index is 5.80. The van der Waals surface area contributed by atoms with Crippen LogP contribution in [0.25, 0.3) is 0 Å². The number of morpholine rings is 1. The number of nitrogens with one attached hydrogen (secondary N) is 1. The van der Waals surface area contributed by atoms with Gasteiger partial charge < -0.3 is 9.15 Å². The number of furan rings is 1. The first kappa shape index (κ1) is 12.6. The first-order valence-electron chi connectivity index (χ1n) is 6.14. The summed E-state index contributed by atoms with van der Waals surface area (Å²) < 4.78 is 10.9. The van der Waals surface area contributed by atoms with Crippen molar-refractivity contribution in [3.63, 3.8) is 0 Å². The quantitative estimate of drug-likeness (QED) is 0.574. The summed E-state index contributed by atoms with van der Waals surface area (Å²) in [6.45, 7) is 5.95. The van der Waals surface area contributed by atoms with Crippen molar-refractivity contribution in [2.75, 3.05) is 26.2 Å². The topological polar surface area (TPSA) is 63.7 Å². The number of nitrogens with two attached hydrogens (primary N) is 1. The molecule has 0 aromatic carbocycles. The van der Waals surface area contributed by atoms with Crippen LogP contribution in [0.15, 0.2) is 23.0 Å². The van der Waals surface area contributed by atoms with E-state index in [2.05, 4.69) is 17.2 Å². The van der Waals surface area contributed by atoms with Crippen molar-refractivity contribution in [1.82, 2.24) is 10.3 Å². The Hall–Kier alpha value is -0.880. The lowest BCUT2D eigenvalue weighted by molar-refractivity contribution is -0.0448. The molecule has 2 unspecified atom stereocenters. The maximum Gasteiger partial charge on any atom is 0.0935 e. The molecule has 5 nitrogen and oxygen atoms in total. The molecule has 96 valence electrons. The minimum Gasteiger partial charge on any atom is -0.472 e. The maximum atomic E-state index is 5.80. The van der Waals surface area contributed by atoms with Gasteiger partial charge in [-0.25, -0.2) is 0 Å². The van der Waals surface area contributed by atoms with Gasteiger partial charge in [0.1, 0.15) is 0 Å². The first-order valence-corrected chi connectivity index (χ1v) is 6.14. The summed E-state index contributed by atoms with van der Waals surface area (Å²) >= 11 is 0. The molecule has 17 heavy (non-hydrogen) atoms. The van der Waals surface area contributed by atoms with Crippen LogP contribution in [-0.4, -0.2) is 43.3 Å². The smallest absolute Gasteiger partial charge is 0.0935 e. The van der Waals surface area contributed by atoms with Crippen LogP contribution in [0.1, 0.15) is 12.5 Å². The second-order valence-corrected chi connectivity index (χ2v) is 4.41. The number of hydrazine groups is 1. The Kier molecular flexibility index (Phi) is 4.56. The number of hydrogen-bond donors (Lipinski definition) is 2. The fraction of sp³-hybridized carbons (Fsp3) is 0.667. The number of likely N-dealkylation sites (N-methyl/N-ethyl adjacent to an activating group) is 1. The Morgan fingerprint density at radius 1 is 1.65 bits per heavy atom. The Balaban J connectivity index is 1.93. The largest absolute Gasteiger partial charge is 0.472 e. The van der Waals surface area contributed by atoms with Crippen molar-refractivity contribution in [2.24, 2.45) is 5.84 Å². The van der Waals surface area contributed by atoms with Gasteiger partial charge in [-0.2, -0.15) is 0 Å². The van der Waals surface area contributed by atoms with Gasteiger partial charge in [0.25, 0.3) is 0 Å². The number of ether oxygens (including phenoxy) is 1. The van der Waals surface area contributed by atoms with Crippen molar-refractivity contribution >= 4 is 0 Å². The molecule has 2 rings (SSSR count). The van der Waals surface area contributed by atoms with E-state index in [4.69, 9.17) is 15.0 Å². The highest BCUT2D eigenvalue weighted by molar-refractivity contribution is 5.08. The van der Waals surface area contributed by atoms with Crippen molar-refractivity contribution in [1.29, 1.82) is 0 Å². The summed E-state index contributed by atoms with van der Waals surface area (Å²) in [5.41, 5.74) is 4.01. The third-order valence-electron chi connectivity index (χ3n) is 3.32. The van der Waals surface area contributed by atoms with Crippen LogP contribution >= 0.6 is 0 Å². The highest BCUT2D eigenvalue weighted by Crippen LogP contribution is 2.13. The molecule has 1 aliphatic rings. The molecule has 0 spiro atoms. The van der Waals surface area contributed by atoms with Gasteiger partial charge in [0.15, 0.2) is 0 Å². The van der Waals surface area contributed by atoms with Crippen molar-refractivity contribution < 1.29 is 9.15 Å². The lowest BCUT2D eigenvalue weighted by atomic mass is 10.0. The third kappa shape index (κ3) is 3.29. The van der Waals surface area contributed by atoms with E-state index in [-0.39, 0.29) is 12.1 Å². The van der Waals surface area contributed by atoms with Gasteiger partial charge in [0, 0.05) is 13.1 Å². The Morgan fingerprint density at radius 2 is 2.53 bits per heavy atom. The van der Waals surface area contributed by atoms with E-state index in [1.54, 1.807) is 12.5 Å². The van der Waals surface area contributed by atoms with E-state index in [1.165, 1.54) is 0 Å². The second kappa shape index (κ2) is 6.16. The van der Waals surface area contributed by atoms with Gasteiger partial charge in [-0.1, -0.05) is 6.92 Å². The average Bonchev–Trinajstić information content (AvgIpc) is 2.89. The lowest BCUT2D eigenvalue weighted by Crippen LogP contribution is -2.54. The van der Waals surface area contributed by atoms with Gasteiger partial charge >= 0.3 is 0 Å². The van der Waals surface area contributed by atoms with E-state index in [1.807, 2.05) is 6.07 Å². The summed E-state index contributed by atoms with van der Waals surface area (Å²) in [6, 6.07) is 2.09. The number of rotatable bonds is 5. The molecule has 1 aliphatic heterocycles. The molecule has 0 radical (unpaired) electrons. The summed E-state index contributed by atoms with van der Waals surface area (Å²) in [5, 5.41) is 0. The molecule has 1 saturated heterocycles. The molecule has 2 atom stereocenters. The molecule has 0 bridgehead atoms. The molecule has 0 amide bonds. The molecular formula is C12H21N3O2. The van der Waals surface area contributed by atoms with E-state index in [9.17, 15) is 0 Å². The van der Waals surface area contributed by atoms with Crippen LogP contribution in [0.5, 0.6) is 0 Å². The molecule has 0 saturated carbocycles. The molecule has 1 fully saturated rings. The fourth-order valence-electron chi connectivity index (χ4n) is 2.22. The fourth-order valence-corrected chi connectivity index (χ4v) is 2.22. The molecule has 2 heterocycles. The van der Waals surface area contributed by atoms with E-state index < -0.39 is 0 Å². The average molecular weight is 239 g/mol. The molecule has 5 heteroatoms. The monoisotopic (exact) mass is 239 g/mol. The van der Waals surface area contributed by atoms with E-state index in [0.29, 0.717) is 0 Å². The number of nitrogens with zero attached hydrogens (tertiary/aromatic N) is 1. The van der Waals surface area contributed by atoms with Crippen molar-refractivity contribution in [2.45, 2.75) is 25.5 Å². The zero-order chi connectivity index (χ0) is 12.1. The van der Waals surface area contributed by atoms with Crippen LogP contribution < -0.4 is 11.3 Å². The predicted octanol–water partition coefficient (Wildman–Crippen LogP) is 0.375. The van der Waals surface area contributed by atoms with Gasteiger partial charge in [0.2, 0.25) is 0 Å². The molecule has 0 aliphatic carbocycles. The normalized spacial score (nSPS) is 23.8. The first-order chi connectivity index (χ1) is 8.33. The lowest BCUT2D eigenvalue weighted by Gasteiger charge is -2.36. The SMILES string of the molecule is CCN1CCOC(C(Cc2ccoc2)NN)C1. The molecule has 1 aromatic heterocycles. The van der Waals surface area contributed by atoms with Crippen molar-refractivity contribution in [3.05, 3.63) is 24.2 Å². The highest BCUT2D eigenvalue weighted by Gasteiger charge is 2.27. The Morgan fingerprint density at radius 3 is 3.18 bits per heavy atom. The van der Waals surface area contributed by atoms with E-state index >= 15 is 0 Å². The van der Waals surface area contributed by atoms with Crippen LogP contribution in [0.3, 0.4) is 0 Å². The van der Waals surface area contributed by atoms with Gasteiger partial charge in [0.05, 0.1) is 31.3 Å². The van der Waals surface area contributed by atoms with E-state index in [0.717, 1.165) is 38.2 Å².